The lowest BCUT2D eigenvalue weighted by Crippen LogP contribution is -2.22. The summed E-state index contributed by atoms with van der Waals surface area (Å²) in [4.78, 5) is 11.6. The number of rotatable bonds is 6. The van der Waals surface area contributed by atoms with Crippen LogP contribution in [0.2, 0.25) is 5.02 Å². The number of benzene rings is 1. The molecule has 1 heterocycles. The molecule has 0 amide bonds. The third-order valence-corrected chi connectivity index (χ3v) is 3.37. The number of aromatic nitrogens is 1. The SMILES string of the molecule is CC(N)Cc1cccc(Cl)c1OCCn1ccccc1=O. The van der Waals surface area contributed by atoms with Gasteiger partial charge in [-0.05, 0) is 31.0 Å². The lowest BCUT2D eigenvalue weighted by Gasteiger charge is -2.15. The van der Waals surface area contributed by atoms with Crippen molar-refractivity contribution in [2.24, 2.45) is 5.73 Å². The summed E-state index contributed by atoms with van der Waals surface area (Å²) in [5.41, 5.74) is 6.78. The van der Waals surface area contributed by atoms with Gasteiger partial charge in [-0.1, -0.05) is 29.8 Å². The lowest BCUT2D eigenvalue weighted by molar-refractivity contribution is 0.293. The van der Waals surface area contributed by atoms with Crippen LogP contribution in [-0.4, -0.2) is 17.2 Å². The molecule has 0 saturated heterocycles. The van der Waals surface area contributed by atoms with Crippen LogP contribution in [0.25, 0.3) is 0 Å². The highest BCUT2D eigenvalue weighted by atomic mass is 35.5. The zero-order valence-corrected chi connectivity index (χ0v) is 12.7. The predicted octanol–water partition coefficient (Wildman–Crippen LogP) is 2.47. The Kier molecular flexibility index (Phi) is 5.42. The largest absolute Gasteiger partial charge is 0.490 e. The number of ether oxygens (including phenoxy) is 1. The smallest absolute Gasteiger partial charge is 0.250 e. The van der Waals surface area contributed by atoms with Crippen molar-refractivity contribution in [3.05, 3.63) is 63.5 Å². The van der Waals surface area contributed by atoms with E-state index in [1.165, 1.54) is 6.07 Å². The first-order valence-corrected chi connectivity index (χ1v) is 7.27. The third kappa shape index (κ3) is 4.34. The second-order valence-corrected chi connectivity index (χ2v) is 5.40. The van der Waals surface area contributed by atoms with E-state index >= 15 is 0 Å². The summed E-state index contributed by atoms with van der Waals surface area (Å²) >= 11 is 6.19. The van der Waals surface area contributed by atoms with Crippen LogP contribution in [-0.2, 0) is 13.0 Å². The zero-order chi connectivity index (χ0) is 15.2. The molecule has 0 aliphatic rings. The van der Waals surface area contributed by atoms with Crippen molar-refractivity contribution in [1.82, 2.24) is 4.57 Å². The van der Waals surface area contributed by atoms with Gasteiger partial charge in [0.05, 0.1) is 11.6 Å². The van der Waals surface area contributed by atoms with Gasteiger partial charge in [-0.25, -0.2) is 0 Å². The van der Waals surface area contributed by atoms with Crippen molar-refractivity contribution in [1.29, 1.82) is 0 Å². The maximum absolute atomic E-state index is 11.6. The van der Waals surface area contributed by atoms with E-state index in [2.05, 4.69) is 0 Å². The molecule has 4 nitrogen and oxygen atoms in total. The van der Waals surface area contributed by atoms with E-state index in [-0.39, 0.29) is 11.6 Å². The topological polar surface area (TPSA) is 57.2 Å². The fourth-order valence-corrected chi connectivity index (χ4v) is 2.36. The van der Waals surface area contributed by atoms with Crippen molar-refractivity contribution in [3.63, 3.8) is 0 Å². The quantitative estimate of drug-likeness (QED) is 0.892. The number of hydrogen-bond donors (Lipinski definition) is 1. The summed E-state index contributed by atoms with van der Waals surface area (Å²) in [7, 11) is 0. The molecule has 2 rings (SSSR count). The molecular formula is C16H19ClN2O2. The summed E-state index contributed by atoms with van der Waals surface area (Å²) in [5.74, 6) is 0.653. The van der Waals surface area contributed by atoms with E-state index in [1.54, 1.807) is 22.9 Å². The molecule has 21 heavy (non-hydrogen) atoms. The van der Waals surface area contributed by atoms with Crippen molar-refractivity contribution in [3.8, 4) is 5.75 Å². The molecular weight excluding hydrogens is 288 g/mol. The first-order chi connectivity index (χ1) is 10.1. The average Bonchev–Trinajstić information content (AvgIpc) is 2.43. The van der Waals surface area contributed by atoms with Gasteiger partial charge in [0.1, 0.15) is 12.4 Å². The highest BCUT2D eigenvalue weighted by molar-refractivity contribution is 6.32. The predicted molar refractivity (Wildman–Crippen MR) is 85.0 cm³/mol. The van der Waals surface area contributed by atoms with Gasteiger partial charge in [0.15, 0.2) is 0 Å². The van der Waals surface area contributed by atoms with Crippen LogP contribution in [0.3, 0.4) is 0 Å². The fourth-order valence-electron chi connectivity index (χ4n) is 2.11. The summed E-state index contributed by atoms with van der Waals surface area (Å²) in [6.07, 6.45) is 2.43. The molecule has 0 radical (unpaired) electrons. The summed E-state index contributed by atoms with van der Waals surface area (Å²) < 4.78 is 7.38. The van der Waals surface area contributed by atoms with Crippen LogP contribution in [0.15, 0.2) is 47.4 Å². The van der Waals surface area contributed by atoms with Crippen LogP contribution in [0.5, 0.6) is 5.75 Å². The molecule has 0 aliphatic heterocycles. The second kappa shape index (κ2) is 7.29. The summed E-state index contributed by atoms with van der Waals surface area (Å²) in [6.45, 7) is 2.79. The van der Waals surface area contributed by atoms with Crippen LogP contribution >= 0.6 is 11.6 Å². The molecule has 1 unspecified atom stereocenters. The van der Waals surface area contributed by atoms with E-state index in [1.807, 2.05) is 25.1 Å². The Morgan fingerprint density at radius 1 is 1.29 bits per heavy atom. The van der Waals surface area contributed by atoms with Gasteiger partial charge in [0.2, 0.25) is 0 Å². The molecule has 0 fully saturated rings. The Hall–Kier alpha value is -1.78. The van der Waals surface area contributed by atoms with Crippen LogP contribution in [0.4, 0.5) is 0 Å². The Bertz CT molecular complexity index is 653. The third-order valence-electron chi connectivity index (χ3n) is 3.07. The highest BCUT2D eigenvalue weighted by Gasteiger charge is 2.10. The van der Waals surface area contributed by atoms with E-state index in [9.17, 15) is 4.79 Å². The molecule has 0 spiro atoms. The Labute approximate surface area is 129 Å². The van der Waals surface area contributed by atoms with Crippen molar-refractivity contribution >= 4 is 11.6 Å². The van der Waals surface area contributed by atoms with Crippen molar-refractivity contribution < 1.29 is 4.74 Å². The van der Waals surface area contributed by atoms with E-state index in [0.717, 1.165) is 5.56 Å². The Morgan fingerprint density at radius 2 is 2.10 bits per heavy atom. The van der Waals surface area contributed by atoms with E-state index in [4.69, 9.17) is 22.1 Å². The van der Waals surface area contributed by atoms with Gasteiger partial charge in [0, 0.05) is 18.3 Å². The molecule has 2 aromatic rings. The van der Waals surface area contributed by atoms with E-state index < -0.39 is 0 Å². The van der Waals surface area contributed by atoms with Crippen LogP contribution in [0.1, 0.15) is 12.5 Å². The molecule has 1 aromatic carbocycles. The van der Waals surface area contributed by atoms with Crippen molar-refractivity contribution in [2.75, 3.05) is 6.61 Å². The number of hydrogen-bond acceptors (Lipinski definition) is 3. The average molecular weight is 307 g/mol. The Morgan fingerprint density at radius 3 is 2.81 bits per heavy atom. The highest BCUT2D eigenvalue weighted by Crippen LogP contribution is 2.29. The second-order valence-electron chi connectivity index (χ2n) is 4.99. The number of nitrogens with zero attached hydrogens (tertiary/aromatic N) is 1. The van der Waals surface area contributed by atoms with Gasteiger partial charge >= 0.3 is 0 Å². The molecule has 5 heteroatoms. The minimum absolute atomic E-state index is 0.0301. The van der Waals surface area contributed by atoms with Crippen LogP contribution < -0.4 is 16.0 Å². The zero-order valence-electron chi connectivity index (χ0n) is 12.0. The van der Waals surface area contributed by atoms with Crippen LogP contribution in [0, 0.1) is 0 Å². The van der Waals surface area contributed by atoms with Gasteiger partial charge in [-0.2, -0.15) is 0 Å². The van der Waals surface area contributed by atoms with Gasteiger partial charge in [0.25, 0.3) is 5.56 Å². The standard InChI is InChI=1S/C16H19ClN2O2/c1-12(18)11-13-5-4-6-14(17)16(13)21-10-9-19-8-3-2-7-15(19)20/h2-8,12H,9-11,18H2,1H3. The number of halogens is 1. The normalized spacial score (nSPS) is 12.1. The Balaban J connectivity index is 2.06. The summed E-state index contributed by atoms with van der Waals surface area (Å²) in [5, 5.41) is 0.563. The van der Waals surface area contributed by atoms with E-state index in [0.29, 0.717) is 30.3 Å². The maximum atomic E-state index is 11.6. The fraction of sp³-hybridized carbons (Fsp3) is 0.312. The molecule has 0 aliphatic carbocycles. The minimum atomic E-state index is -0.0453. The maximum Gasteiger partial charge on any atom is 0.250 e. The monoisotopic (exact) mass is 306 g/mol. The number of nitrogens with two attached hydrogens (primary N) is 1. The first kappa shape index (κ1) is 15.6. The molecule has 112 valence electrons. The first-order valence-electron chi connectivity index (χ1n) is 6.89. The lowest BCUT2D eigenvalue weighted by atomic mass is 10.1. The minimum Gasteiger partial charge on any atom is -0.490 e. The molecule has 1 atom stereocenters. The number of para-hydroxylation sites is 1. The van der Waals surface area contributed by atoms with Gasteiger partial charge < -0.3 is 15.0 Å². The molecule has 1 aromatic heterocycles. The van der Waals surface area contributed by atoms with Gasteiger partial charge in [-0.3, -0.25) is 4.79 Å². The molecule has 2 N–H and O–H groups in total. The van der Waals surface area contributed by atoms with Crippen molar-refractivity contribution in [2.45, 2.75) is 25.9 Å². The number of pyridine rings is 1. The summed E-state index contributed by atoms with van der Waals surface area (Å²) in [6, 6.07) is 10.7. The molecule has 0 bridgehead atoms. The molecule has 0 saturated carbocycles. The van der Waals surface area contributed by atoms with Gasteiger partial charge in [-0.15, -0.1) is 0 Å².